The second-order valence-electron chi connectivity index (χ2n) is 7.46. The molecule has 2 aromatic carbocycles. The zero-order chi connectivity index (χ0) is 21.9. The highest BCUT2D eigenvalue weighted by molar-refractivity contribution is 5.67. The average Bonchev–Trinajstić information content (AvgIpc) is 2.82. The van der Waals surface area contributed by atoms with Gasteiger partial charge in [-0.3, -0.25) is 4.98 Å². The van der Waals surface area contributed by atoms with E-state index in [1.807, 2.05) is 66.7 Å². The van der Waals surface area contributed by atoms with Crippen LogP contribution >= 0.6 is 0 Å². The molecule has 0 aliphatic heterocycles. The molecule has 31 heavy (non-hydrogen) atoms. The Morgan fingerprint density at radius 2 is 1.55 bits per heavy atom. The Kier molecular flexibility index (Phi) is 8.58. The minimum absolute atomic E-state index is 0.0738. The number of nitrogens with one attached hydrogen (secondary N) is 1. The van der Waals surface area contributed by atoms with Crippen LogP contribution in [0.5, 0.6) is 0 Å². The van der Waals surface area contributed by atoms with Crippen LogP contribution in [-0.4, -0.2) is 39.5 Å². The zero-order valence-electron chi connectivity index (χ0n) is 17.3. The van der Waals surface area contributed by atoms with Crippen molar-refractivity contribution in [3.63, 3.8) is 0 Å². The van der Waals surface area contributed by atoms with Gasteiger partial charge in [0.05, 0.1) is 12.1 Å². The van der Waals surface area contributed by atoms with Gasteiger partial charge in [-0.15, -0.1) is 0 Å². The lowest BCUT2D eigenvalue weighted by molar-refractivity contribution is -0.00815. The van der Waals surface area contributed by atoms with Crippen molar-refractivity contribution in [1.29, 1.82) is 0 Å². The summed E-state index contributed by atoms with van der Waals surface area (Å²) in [5, 5.41) is 24.1. The number of aryl methyl sites for hydroxylation is 1. The van der Waals surface area contributed by atoms with Gasteiger partial charge in [0.2, 0.25) is 0 Å². The molecule has 0 bridgehead atoms. The smallest absolute Gasteiger partial charge is 0.407 e. The summed E-state index contributed by atoms with van der Waals surface area (Å²) in [6, 6.07) is 22.2. The number of amides is 1. The highest BCUT2D eigenvalue weighted by Gasteiger charge is 2.28. The van der Waals surface area contributed by atoms with Crippen molar-refractivity contribution in [3.8, 4) is 0 Å². The molecule has 0 aliphatic rings. The normalized spacial score (nSPS) is 13.7. The van der Waals surface area contributed by atoms with E-state index in [0.29, 0.717) is 19.3 Å². The Labute approximate surface area is 182 Å². The molecule has 162 valence electrons. The van der Waals surface area contributed by atoms with Crippen molar-refractivity contribution in [3.05, 3.63) is 102 Å². The predicted molar refractivity (Wildman–Crippen MR) is 118 cm³/mol. The van der Waals surface area contributed by atoms with E-state index in [-0.39, 0.29) is 6.61 Å². The second-order valence-corrected chi connectivity index (χ2v) is 7.46. The third kappa shape index (κ3) is 7.51. The molecule has 0 saturated heterocycles. The third-order valence-electron chi connectivity index (χ3n) is 5.07. The zero-order valence-corrected chi connectivity index (χ0v) is 17.3. The van der Waals surface area contributed by atoms with Crippen LogP contribution in [0, 0.1) is 0 Å². The minimum atomic E-state index is -1.14. The van der Waals surface area contributed by atoms with Crippen molar-refractivity contribution < 1.29 is 19.7 Å². The summed E-state index contributed by atoms with van der Waals surface area (Å²) in [5.74, 6) is 0. The van der Waals surface area contributed by atoms with Gasteiger partial charge in [0.15, 0.2) is 0 Å². The van der Waals surface area contributed by atoms with Gasteiger partial charge in [-0.05, 0) is 36.5 Å². The van der Waals surface area contributed by atoms with E-state index in [1.165, 1.54) is 0 Å². The van der Waals surface area contributed by atoms with Crippen LogP contribution in [0.15, 0.2) is 85.2 Å². The number of aliphatic hydroxyl groups is 2. The number of rotatable bonds is 10. The van der Waals surface area contributed by atoms with E-state index < -0.39 is 24.3 Å². The fraction of sp³-hybridized carbons (Fsp3) is 0.280. The van der Waals surface area contributed by atoms with Gasteiger partial charge in [0.1, 0.15) is 12.7 Å². The monoisotopic (exact) mass is 420 g/mol. The topological polar surface area (TPSA) is 91.7 Å². The number of alkyl carbamates (subject to hydrolysis) is 1. The first-order chi connectivity index (χ1) is 15.1. The molecule has 3 aromatic rings. The van der Waals surface area contributed by atoms with E-state index in [9.17, 15) is 15.0 Å². The number of aromatic nitrogens is 1. The van der Waals surface area contributed by atoms with E-state index in [0.717, 1.165) is 16.7 Å². The van der Waals surface area contributed by atoms with Gasteiger partial charge in [-0.2, -0.15) is 0 Å². The molecule has 0 aliphatic carbocycles. The summed E-state index contributed by atoms with van der Waals surface area (Å²) in [4.78, 5) is 16.4. The molecular formula is C25H28N2O4. The summed E-state index contributed by atoms with van der Waals surface area (Å²) >= 11 is 0. The highest BCUT2D eigenvalue weighted by Crippen LogP contribution is 2.14. The maximum absolute atomic E-state index is 12.4. The Morgan fingerprint density at radius 1 is 0.903 bits per heavy atom. The second kappa shape index (κ2) is 11.8. The van der Waals surface area contributed by atoms with Gasteiger partial charge in [0.25, 0.3) is 0 Å². The number of ether oxygens (including phenoxy) is 1. The number of benzene rings is 2. The van der Waals surface area contributed by atoms with Crippen LogP contribution in [0.25, 0.3) is 0 Å². The molecule has 0 saturated carbocycles. The van der Waals surface area contributed by atoms with Crippen LogP contribution in [0.3, 0.4) is 0 Å². The van der Waals surface area contributed by atoms with Crippen molar-refractivity contribution in [1.82, 2.24) is 10.3 Å². The standard InChI is InChI=1S/C25H28N2O4/c28-23(14-13-19-8-3-1-4-9-19)24(29)22(16-20-10-5-2-6-11-20)27-25(30)31-18-21-12-7-15-26-17-21/h1-12,15,17,22-24,28-29H,13-14,16,18H2,(H,27,30). The molecule has 3 N–H and O–H groups in total. The summed E-state index contributed by atoms with van der Waals surface area (Å²) in [6.07, 6.45) is 1.85. The fourth-order valence-corrected chi connectivity index (χ4v) is 3.35. The molecule has 6 nitrogen and oxygen atoms in total. The Morgan fingerprint density at radius 3 is 2.19 bits per heavy atom. The van der Waals surface area contributed by atoms with Crippen molar-refractivity contribution in [2.45, 2.75) is 44.1 Å². The number of carbonyl (C=O) groups is 1. The molecule has 0 radical (unpaired) electrons. The molecule has 1 amide bonds. The van der Waals surface area contributed by atoms with Crippen LogP contribution in [0.2, 0.25) is 0 Å². The molecule has 0 spiro atoms. The van der Waals surface area contributed by atoms with E-state index >= 15 is 0 Å². The first kappa shape index (κ1) is 22.5. The van der Waals surface area contributed by atoms with Gasteiger partial charge in [0, 0.05) is 18.0 Å². The number of carbonyl (C=O) groups excluding carboxylic acids is 1. The third-order valence-corrected chi connectivity index (χ3v) is 5.07. The van der Waals surface area contributed by atoms with Gasteiger partial charge >= 0.3 is 6.09 Å². The predicted octanol–water partition coefficient (Wildman–Crippen LogP) is 3.27. The fourth-order valence-electron chi connectivity index (χ4n) is 3.35. The van der Waals surface area contributed by atoms with Crippen LogP contribution in [0.1, 0.15) is 23.1 Å². The molecular weight excluding hydrogens is 392 g/mol. The van der Waals surface area contributed by atoms with Crippen molar-refractivity contribution in [2.75, 3.05) is 0 Å². The van der Waals surface area contributed by atoms with Gasteiger partial charge in [-0.1, -0.05) is 66.7 Å². The summed E-state index contributed by atoms with van der Waals surface area (Å²) in [7, 11) is 0. The number of hydrogen-bond donors (Lipinski definition) is 3. The van der Waals surface area contributed by atoms with Crippen LogP contribution in [0.4, 0.5) is 4.79 Å². The maximum atomic E-state index is 12.4. The lowest BCUT2D eigenvalue weighted by Crippen LogP contribution is -2.50. The number of pyridine rings is 1. The molecule has 6 heteroatoms. The van der Waals surface area contributed by atoms with Gasteiger partial charge in [-0.25, -0.2) is 4.79 Å². The summed E-state index contributed by atoms with van der Waals surface area (Å²) in [5.41, 5.74) is 2.78. The summed E-state index contributed by atoms with van der Waals surface area (Å²) in [6.45, 7) is 0.0738. The minimum Gasteiger partial charge on any atom is -0.445 e. The number of aliphatic hydroxyl groups excluding tert-OH is 2. The Bertz CT molecular complexity index is 907. The van der Waals surface area contributed by atoms with Gasteiger partial charge < -0.3 is 20.3 Å². The molecule has 3 rings (SSSR count). The lowest BCUT2D eigenvalue weighted by Gasteiger charge is -2.28. The SMILES string of the molecule is O=C(NC(Cc1ccccc1)C(O)C(O)CCc1ccccc1)OCc1cccnc1. The first-order valence-corrected chi connectivity index (χ1v) is 10.4. The maximum Gasteiger partial charge on any atom is 0.407 e. The molecule has 0 fully saturated rings. The largest absolute Gasteiger partial charge is 0.445 e. The molecule has 3 atom stereocenters. The van der Waals surface area contributed by atoms with Crippen molar-refractivity contribution in [2.24, 2.45) is 0 Å². The molecule has 1 heterocycles. The van der Waals surface area contributed by atoms with E-state index in [1.54, 1.807) is 18.5 Å². The molecule has 3 unspecified atom stereocenters. The molecule has 1 aromatic heterocycles. The van der Waals surface area contributed by atoms with Crippen molar-refractivity contribution >= 4 is 6.09 Å². The average molecular weight is 421 g/mol. The number of nitrogens with zero attached hydrogens (tertiary/aromatic N) is 1. The summed E-state index contributed by atoms with van der Waals surface area (Å²) < 4.78 is 5.27. The Hall–Kier alpha value is -3.22. The van der Waals surface area contributed by atoms with E-state index in [4.69, 9.17) is 4.74 Å². The number of hydrogen-bond acceptors (Lipinski definition) is 5. The first-order valence-electron chi connectivity index (χ1n) is 10.4. The quantitative estimate of drug-likeness (QED) is 0.468. The van der Waals surface area contributed by atoms with E-state index in [2.05, 4.69) is 10.3 Å². The van der Waals surface area contributed by atoms with Crippen LogP contribution < -0.4 is 5.32 Å². The lowest BCUT2D eigenvalue weighted by atomic mass is 9.94. The van der Waals surface area contributed by atoms with Crippen LogP contribution in [-0.2, 0) is 24.2 Å². The Balaban J connectivity index is 1.61. The highest BCUT2D eigenvalue weighted by atomic mass is 16.5.